The van der Waals surface area contributed by atoms with E-state index in [2.05, 4.69) is 25.6 Å². The van der Waals surface area contributed by atoms with Crippen LogP contribution in [0.25, 0.3) is 11.2 Å². The van der Waals surface area contributed by atoms with E-state index >= 15 is 0 Å². The highest BCUT2D eigenvalue weighted by atomic mass is 35.5. The smallest absolute Gasteiger partial charge is 0.234 e. The molecule has 0 fully saturated rings. The van der Waals surface area contributed by atoms with Crippen LogP contribution in [0, 0.1) is 0 Å². The van der Waals surface area contributed by atoms with Crippen molar-refractivity contribution in [2.24, 2.45) is 0 Å². The first-order valence-electron chi connectivity index (χ1n) is 8.98. The summed E-state index contributed by atoms with van der Waals surface area (Å²) < 4.78 is 6.95. The second-order valence-electron chi connectivity index (χ2n) is 6.26. The van der Waals surface area contributed by atoms with Gasteiger partial charge >= 0.3 is 0 Å². The predicted molar refractivity (Wildman–Crippen MR) is 116 cm³/mol. The summed E-state index contributed by atoms with van der Waals surface area (Å²) in [7, 11) is 1.56. The second kappa shape index (κ2) is 9.10. The van der Waals surface area contributed by atoms with E-state index in [1.54, 1.807) is 23.9 Å². The van der Waals surface area contributed by atoms with E-state index in [-0.39, 0.29) is 11.7 Å². The Balaban J connectivity index is 1.46. The predicted octanol–water partition coefficient (Wildman–Crippen LogP) is 3.66. The quantitative estimate of drug-likeness (QED) is 0.346. The van der Waals surface area contributed by atoms with Crippen molar-refractivity contribution in [3.63, 3.8) is 0 Å². The van der Waals surface area contributed by atoms with Crippen LogP contribution >= 0.6 is 23.4 Å². The number of amides is 1. The first-order valence-corrected chi connectivity index (χ1v) is 10.3. The van der Waals surface area contributed by atoms with Gasteiger partial charge in [-0.1, -0.05) is 52.8 Å². The molecule has 0 atom stereocenters. The molecule has 0 saturated carbocycles. The normalized spacial score (nSPS) is 10.9. The molecule has 0 spiro atoms. The first kappa shape index (κ1) is 20.1. The Morgan fingerprint density at radius 1 is 1.17 bits per heavy atom. The minimum absolute atomic E-state index is 0.161. The average molecular weight is 441 g/mol. The van der Waals surface area contributed by atoms with Gasteiger partial charge in [0.15, 0.2) is 11.2 Å². The van der Waals surface area contributed by atoms with E-state index in [0.717, 1.165) is 5.56 Å². The lowest BCUT2D eigenvalue weighted by Gasteiger charge is -2.09. The van der Waals surface area contributed by atoms with Crippen LogP contribution in [0.3, 0.4) is 0 Å². The van der Waals surface area contributed by atoms with Gasteiger partial charge in [-0.05, 0) is 29.8 Å². The number of carbonyl (C=O) groups is 1. The summed E-state index contributed by atoms with van der Waals surface area (Å²) in [4.78, 5) is 20.9. The molecule has 30 heavy (non-hydrogen) atoms. The van der Waals surface area contributed by atoms with Gasteiger partial charge in [-0.15, -0.1) is 5.10 Å². The van der Waals surface area contributed by atoms with Gasteiger partial charge in [0.1, 0.15) is 17.1 Å². The SMILES string of the molecule is COc1ccccc1NC(=O)CSc1ncnc2c1nnn2Cc1ccc(Cl)cc1. The van der Waals surface area contributed by atoms with E-state index in [1.165, 1.54) is 18.1 Å². The number of benzene rings is 2. The molecule has 0 aliphatic heterocycles. The Hall–Kier alpha value is -3.17. The zero-order chi connectivity index (χ0) is 20.9. The average Bonchev–Trinajstić information content (AvgIpc) is 3.17. The van der Waals surface area contributed by atoms with Crippen molar-refractivity contribution < 1.29 is 9.53 Å². The maximum Gasteiger partial charge on any atom is 0.234 e. The highest BCUT2D eigenvalue weighted by Crippen LogP contribution is 2.25. The van der Waals surface area contributed by atoms with Crippen LogP contribution in [0.15, 0.2) is 59.9 Å². The number of rotatable bonds is 7. The summed E-state index contributed by atoms with van der Waals surface area (Å²) in [6.45, 7) is 0.503. The summed E-state index contributed by atoms with van der Waals surface area (Å²) in [6, 6.07) is 14.7. The number of anilines is 1. The molecule has 0 unspecified atom stereocenters. The number of ether oxygens (including phenoxy) is 1. The largest absolute Gasteiger partial charge is 0.495 e. The number of carbonyl (C=O) groups excluding carboxylic acids is 1. The Kier molecular flexibility index (Phi) is 6.10. The molecule has 0 saturated heterocycles. The molecule has 0 bridgehead atoms. The molecular weight excluding hydrogens is 424 g/mol. The number of para-hydroxylation sites is 2. The number of hydrogen-bond acceptors (Lipinski definition) is 7. The molecule has 10 heteroatoms. The zero-order valence-corrected chi connectivity index (χ0v) is 17.5. The molecule has 2 heterocycles. The lowest BCUT2D eigenvalue weighted by molar-refractivity contribution is -0.113. The van der Waals surface area contributed by atoms with E-state index < -0.39 is 0 Å². The molecule has 1 amide bonds. The minimum atomic E-state index is -0.176. The highest BCUT2D eigenvalue weighted by molar-refractivity contribution is 8.00. The maximum absolute atomic E-state index is 12.4. The van der Waals surface area contributed by atoms with Crippen LogP contribution in [0.2, 0.25) is 5.02 Å². The lowest BCUT2D eigenvalue weighted by atomic mass is 10.2. The number of thioether (sulfide) groups is 1. The van der Waals surface area contributed by atoms with Gasteiger partial charge in [-0.2, -0.15) is 0 Å². The molecule has 0 aliphatic rings. The number of methoxy groups -OCH3 is 1. The van der Waals surface area contributed by atoms with Gasteiger partial charge in [0.05, 0.1) is 25.1 Å². The molecule has 152 valence electrons. The standard InChI is InChI=1S/C20H17ClN6O2S/c1-29-16-5-3-2-4-15(16)24-17(28)11-30-20-18-19(22-12-23-20)27(26-25-18)10-13-6-8-14(21)9-7-13/h2-9,12H,10-11H2,1H3,(H,24,28). The first-order chi connectivity index (χ1) is 14.6. The van der Waals surface area contributed by atoms with Crippen LogP contribution in [0.4, 0.5) is 5.69 Å². The van der Waals surface area contributed by atoms with Crippen LogP contribution in [0.1, 0.15) is 5.56 Å². The van der Waals surface area contributed by atoms with E-state index in [1.807, 2.05) is 36.4 Å². The summed E-state index contributed by atoms with van der Waals surface area (Å²) in [5.74, 6) is 0.587. The van der Waals surface area contributed by atoms with Gasteiger partial charge in [0, 0.05) is 5.02 Å². The summed E-state index contributed by atoms with van der Waals surface area (Å²) in [5.41, 5.74) is 2.80. The Bertz CT molecular complexity index is 1180. The maximum atomic E-state index is 12.4. The fourth-order valence-electron chi connectivity index (χ4n) is 2.81. The van der Waals surface area contributed by atoms with Crippen LogP contribution in [-0.2, 0) is 11.3 Å². The molecule has 0 radical (unpaired) electrons. The fraction of sp³-hybridized carbons (Fsp3) is 0.150. The Morgan fingerprint density at radius 2 is 1.97 bits per heavy atom. The number of halogens is 1. The summed E-state index contributed by atoms with van der Waals surface area (Å²) in [5, 5.41) is 12.5. The Labute approximate surface area is 181 Å². The molecular formula is C20H17ClN6O2S. The molecule has 4 rings (SSSR count). The van der Waals surface area contributed by atoms with Crippen molar-refractivity contribution in [3.05, 3.63) is 65.4 Å². The van der Waals surface area contributed by atoms with Crippen molar-refractivity contribution in [2.75, 3.05) is 18.2 Å². The number of nitrogens with zero attached hydrogens (tertiary/aromatic N) is 5. The van der Waals surface area contributed by atoms with Gasteiger partial charge in [0.2, 0.25) is 5.91 Å². The fourth-order valence-corrected chi connectivity index (χ4v) is 3.67. The third-order valence-corrected chi connectivity index (χ3v) is 5.46. The van der Waals surface area contributed by atoms with Gasteiger partial charge in [0.25, 0.3) is 0 Å². The third kappa shape index (κ3) is 4.52. The molecule has 4 aromatic rings. The number of fused-ring (bicyclic) bond motifs is 1. The number of hydrogen-bond donors (Lipinski definition) is 1. The summed E-state index contributed by atoms with van der Waals surface area (Å²) in [6.07, 6.45) is 1.45. The molecule has 2 aromatic heterocycles. The highest BCUT2D eigenvalue weighted by Gasteiger charge is 2.15. The van der Waals surface area contributed by atoms with E-state index in [9.17, 15) is 4.79 Å². The lowest BCUT2D eigenvalue weighted by Crippen LogP contribution is -2.14. The molecule has 8 nitrogen and oxygen atoms in total. The van der Waals surface area contributed by atoms with Crippen molar-refractivity contribution in [1.29, 1.82) is 0 Å². The third-order valence-electron chi connectivity index (χ3n) is 4.23. The van der Waals surface area contributed by atoms with Gasteiger partial charge in [-0.25, -0.2) is 14.6 Å². The number of aromatic nitrogens is 5. The number of nitrogens with one attached hydrogen (secondary N) is 1. The minimum Gasteiger partial charge on any atom is -0.495 e. The van der Waals surface area contributed by atoms with Crippen molar-refractivity contribution >= 4 is 46.1 Å². The molecule has 1 N–H and O–H groups in total. The van der Waals surface area contributed by atoms with Crippen molar-refractivity contribution in [1.82, 2.24) is 25.0 Å². The summed E-state index contributed by atoms with van der Waals surface area (Å²) >= 11 is 7.21. The van der Waals surface area contributed by atoms with Gasteiger partial charge < -0.3 is 10.1 Å². The van der Waals surface area contributed by atoms with E-state index in [4.69, 9.17) is 16.3 Å². The zero-order valence-electron chi connectivity index (χ0n) is 15.9. The van der Waals surface area contributed by atoms with Crippen LogP contribution in [0.5, 0.6) is 5.75 Å². The van der Waals surface area contributed by atoms with Crippen LogP contribution < -0.4 is 10.1 Å². The van der Waals surface area contributed by atoms with Crippen molar-refractivity contribution in [2.45, 2.75) is 11.6 Å². The monoisotopic (exact) mass is 440 g/mol. The Morgan fingerprint density at radius 3 is 2.77 bits per heavy atom. The topological polar surface area (TPSA) is 94.8 Å². The van der Waals surface area contributed by atoms with Crippen LogP contribution in [-0.4, -0.2) is 43.7 Å². The van der Waals surface area contributed by atoms with Crippen molar-refractivity contribution in [3.8, 4) is 5.75 Å². The molecule has 0 aliphatic carbocycles. The van der Waals surface area contributed by atoms with Gasteiger partial charge in [-0.3, -0.25) is 4.79 Å². The second-order valence-corrected chi connectivity index (χ2v) is 7.66. The molecule has 2 aromatic carbocycles. The van der Waals surface area contributed by atoms with E-state index in [0.29, 0.717) is 39.2 Å².